The highest BCUT2D eigenvalue weighted by atomic mass is 32.1. The van der Waals surface area contributed by atoms with Crippen molar-refractivity contribution in [2.24, 2.45) is 0 Å². The minimum absolute atomic E-state index is 0.256. The number of amides is 1. The fourth-order valence-electron chi connectivity index (χ4n) is 4.59. The van der Waals surface area contributed by atoms with Crippen LogP contribution in [0.25, 0.3) is 33.3 Å². The van der Waals surface area contributed by atoms with Crippen molar-refractivity contribution in [1.29, 1.82) is 5.26 Å². The summed E-state index contributed by atoms with van der Waals surface area (Å²) in [4.78, 5) is 18.5. The molecule has 0 atom stereocenters. The Morgan fingerprint density at radius 2 is 1.74 bits per heavy atom. The van der Waals surface area contributed by atoms with E-state index in [0.717, 1.165) is 52.5 Å². The van der Waals surface area contributed by atoms with Crippen molar-refractivity contribution >= 4 is 33.1 Å². The van der Waals surface area contributed by atoms with Gasteiger partial charge >= 0.3 is 0 Å². The van der Waals surface area contributed by atoms with Crippen molar-refractivity contribution in [2.45, 2.75) is 40.0 Å². The van der Waals surface area contributed by atoms with E-state index in [1.165, 1.54) is 28.0 Å². The summed E-state index contributed by atoms with van der Waals surface area (Å²) in [5.41, 5.74) is 8.97. The third-order valence-corrected chi connectivity index (χ3v) is 7.87. The van der Waals surface area contributed by atoms with Gasteiger partial charge in [0, 0.05) is 21.9 Å². The van der Waals surface area contributed by atoms with Crippen LogP contribution in [0.4, 0.5) is 5.00 Å². The summed E-state index contributed by atoms with van der Waals surface area (Å²) >= 11 is 1.38. The number of rotatable bonds is 7. The van der Waals surface area contributed by atoms with Gasteiger partial charge in [0.1, 0.15) is 11.1 Å². The molecule has 3 aromatic carbocycles. The number of carbonyl (C=O) groups excluding carboxylic acids is 1. The van der Waals surface area contributed by atoms with E-state index in [1.807, 2.05) is 41.8 Å². The molecular weight excluding hydrogens is 486 g/mol. The number of anilines is 1. The molecule has 1 N–H and O–H groups in total. The summed E-state index contributed by atoms with van der Waals surface area (Å²) < 4.78 is 0. The standard InChI is InChI=1S/C33H29N3OS/c1-4-5-8-23-12-15-24(16-13-23)29-20-38-33(28(29)19-34)36-32(37)27-18-31(25-14-11-21(2)22(3)17-25)35-30-10-7-6-9-26(27)30/h6-7,9-18,20H,4-5,8H2,1-3H3,(H,36,37). The molecule has 0 aliphatic heterocycles. The minimum atomic E-state index is -0.256. The first kappa shape index (κ1) is 25.4. The summed E-state index contributed by atoms with van der Waals surface area (Å²) in [7, 11) is 0. The highest BCUT2D eigenvalue weighted by Gasteiger charge is 2.19. The third kappa shape index (κ3) is 5.09. The van der Waals surface area contributed by atoms with Crippen LogP contribution in [-0.2, 0) is 6.42 Å². The number of hydrogen-bond donors (Lipinski definition) is 1. The molecule has 0 saturated heterocycles. The number of nitrogens with zero attached hydrogens (tertiary/aromatic N) is 2. The minimum Gasteiger partial charge on any atom is -0.312 e. The zero-order valence-corrected chi connectivity index (χ0v) is 22.7. The smallest absolute Gasteiger partial charge is 0.257 e. The monoisotopic (exact) mass is 515 g/mol. The second-order valence-electron chi connectivity index (χ2n) is 9.59. The number of benzene rings is 3. The lowest BCUT2D eigenvalue weighted by Crippen LogP contribution is -2.13. The van der Waals surface area contributed by atoms with Gasteiger partial charge in [0.2, 0.25) is 0 Å². The molecule has 0 bridgehead atoms. The first-order valence-electron chi connectivity index (χ1n) is 12.9. The van der Waals surface area contributed by atoms with Gasteiger partial charge in [-0.25, -0.2) is 4.98 Å². The number of carbonyl (C=O) groups is 1. The predicted molar refractivity (Wildman–Crippen MR) is 158 cm³/mol. The number of para-hydroxylation sites is 1. The van der Waals surface area contributed by atoms with Gasteiger partial charge in [-0.2, -0.15) is 5.26 Å². The van der Waals surface area contributed by atoms with Crippen LogP contribution in [-0.4, -0.2) is 10.9 Å². The summed E-state index contributed by atoms with van der Waals surface area (Å²) in [6, 6.07) is 26.4. The van der Waals surface area contributed by atoms with Crippen LogP contribution in [0.15, 0.2) is 78.2 Å². The maximum absolute atomic E-state index is 13.6. The summed E-state index contributed by atoms with van der Waals surface area (Å²) in [6.07, 6.45) is 3.37. The lowest BCUT2D eigenvalue weighted by Gasteiger charge is -2.11. The second-order valence-corrected chi connectivity index (χ2v) is 10.5. The van der Waals surface area contributed by atoms with Crippen LogP contribution in [0.1, 0.15) is 52.4 Å². The van der Waals surface area contributed by atoms with E-state index < -0.39 is 0 Å². The second kappa shape index (κ2) is 11.0. The number of unbranched alkanes of at least 4 members (excludes halogenated alkanes) is 1. The average Bonchev–Trinajstić information content (AvgIpc) is 3.35. The van der Waals surface area contributed by atoms with Gasteiger partial charge in [-0.05, 0) is 67.1 Å². The zero-order chi connectivity index (χ0) is 26.6. The molecule has 2 aromatic heterocycles. The first-order chi connectivity index (χ1) is 18.5. The number of thiophene rings is 1. The van der Waals surface area contributed by atoms with Crippen molar-refractivity contribution in [2.75, 3.05) is 5.32 Å². The SMILES string of the molecule is CCCCc1ccc(-c2csc(NC(=O)c3cc(-c4ccc(C)c(C)c4)nc4ccccc34)c2C#N)cc1. The highest BCUT2D eigenvalue weighted by molar-refractivity contribution is 7.15. The molecule has 5 aromatic rings. The van der Waals surface area contributed by atoms with Crippen molar-refractivity contribution in [3.05, 3.63) is 106 Å². The summed E-state index contributed by atoms with van der Waals surface area (Å²) in [5.74, 6) is -0.256. The number of nitriles is 1. The lowest BCUT2D eigenvalue weighted by atomic mass is 10.00. The van der Waals surface area contributed by atoms with Gasteiger partial charge in [-0.1, -0.05) is 67.9 Å². The van der Waals surface area contributed by atoms with Gasteiger partial charge in [-0.3, -0.25) is 4.79 Å². The van der Waals surface area contributed by atoms with Crippen LogP contribution < -0.4 is 5.32 Å². The van der Waals surface area contributed by atoms with Gasteiger partial charge < -0.3 is 5.32 Å². The fourth-order valence-corrected chi connectivity index (χ4v) is 5.50. The predicted octanol–water partition coefficient (Wildman–Crippen LogP) is 8.71. The van der Waals surface area contributed by atoms with Crippen molar-refractivity contribution in [3.8, 4) is 28.5 Å². The third-order valence-electron chi connectivity index (χ3n) is 6.98. The molecule has 5 rings (SSSR count). The maximum Gasteiger partial charge on any atom is 0.257 e. The van der Waals surface area contributed by atoms with E-state index in [1.54, 1.807) is 0 Å². The Bertz CT molecular complexity index is 1680. The van der Waals surface area contributed by atoms with Crippen LogP contribution in [0.5, 0.6) is 0 Å². The van der Waals surface area contributed by atoms with Gasteiger partial charge in [0.15, 0.2) is 0 Å². The quantitative estimate of drug-likeness (QED) is 0.236. The fraction of sp³-hybridized carbons (Fsp3) is 0.182. The van der Waals surface area contributed by atoms with E-state index in [-0.39, 0.29) is 5.91 Å². The molecule has 5 heteroatoms. The zero-order valence-electron chi connectivity index (χ0n) is 21.8. The summed E-state index contributed by atoms with van der Waals surface area (Å²) in [5, 5.41) is 16.3. The number of aromatic nitrogens is 1. The Kier molecular flexibility index (Phi) is 7.35. The molecule has 0 spiro atoms. The van der Waals surface area contributed by atoms with Gasteiger partial charge in [-0.15, -0.1) is 11.3 Å². The highest BCUT2D eigenvalue weighted by Crippen LogP contribution is 2.36. The van der Waals surface area contributed by atoms with Crippen molar-refractivity contribution in [3.63, 3.8) is 0 Å². The molecule has 4 nitrogen and oxygen atoms in total. The Morgan fingerprint density at radius 3 is 2.47 bits per heavy atom. The Balaban J connectivity index is 1.49. The molecule has 188 valence electrons. The van der Waals surface area contributed by atoms with Crippen LogP contribution in [0, 0.1) is 25.2 Å². The van der Waals surface area contributed by atoms with Crippen LogP contribution in [0.2, 0.25) is 0 Å². The Hall–Kier alpha value is -4.27. The number of pyridine rings is 1. The van der Waals surface area contributed by atoms with Crippen molar-refractivity contribution < 1.29 is 4.79 Å². The van der Waals surface area contributed by atoms with E-state index in [2.05, 4.69) is 68.6 Å². The number of aryl methyl sites for hydroxylation is 3. The van der Waals surface area contributed by atoms with Gasteiger partial charge in [0.05, 0.1) is 22.3 Å². The van der Waals surface area contributed by atoms with E-state index in [0.29, 0.717) is 16.1 Å². The molecule has 0 unspecified atom stereocenters. The Labute approximate surface area is 227 Å². The van der Waals surface area contributed by atoms with E-state index in [9.17, 15) is 10.1 Å². The summed E-state index contributed by atoms with van der Waals surface area (Å²) in [6.45, 7) is 6.34. The number of hydrogen-bond acceptors (Lipinski definition) is 4. The average molecular weight is 516 g/mol. The Morgan fingerprint density at radius 1 is 0.974 bits per heavy atom. The lowest BCUT2D eigenvalue weighted by molar-refractivity contribution is 0.102. The number of fused-ring (bicyclic) bond motifs is 1. The van der Waals surface area contributed by atoms with Gasteiger partial charge in [0.25, 0.3) is 5.91 Å². The molecular formula is C33H29N3OS. The molecule has 38 heavy (non-hydrogen) atoms. The first-order valence-corrected chi connectivity index (χ1v) is 13.8. The molecule has 0 fully saturated rings. The van der Waals surface area contributed by atoms with E-state index in [4.69, 9.17) is 4.98 Å². The number of nitrogens with one attached hydrogen (secondary N) is 1. The van der Waals surface area contributed by atoms with Crippen LogP contribution >= 0.6 is 11.3 Å². The normalized spacial score (nSPS) is 10.9. The molecule has 0 aliphatic carbocycles. The maximum atomic E-state index is 13.6. The molecule has 1 amide bonds. The molecule has 0 aliphatic rings. The van der Waals surface area contributed by atoms with Crippen LogP contribution in [0.3, 0.4) is 0 Å². The molecule has 0 radical (unpaired) electrons. The topological polar surface area (TPSA) is 65.8 Å². The largest absolute Gasteiger partial charge is 0.312 e. The van der Waals surface area contributed by atoms with E-state index >= 15 is 0 Å². The van der Waals surface area contributed by atoms with Crippen molar-refractivity contribution in [1.82, 2.24) is 4.98 Å². The molecule has 0 saturated carbocycles. The molecule has 2 heterocycles.